The van der Waals surface area contributed by atoms with Crippen molar-refractivity contribution in [2.75, 3.05) is 6.61 Å². The maximum atomic E-state index is 14.1. The Hall–Kier alpha value is -2.01. The first kappa shape index (κ1) is 14.9. The average Bonchev–Trinajstić information content (AvgIpc) is 2.89. The van der Waals surface area contributed by atoms with Crippen LogP contribution >= 0.6 is 0 Å². The molecule has 0 spiro atoms. The number of nitrogens with zero attached hydrogens (tertiary/aromatic N) is 2. The number of ether oxygens (including phenoxy) is 1. The van der Waals surface area contributed by atoms with Crippen LogP contribution in [0.4, 0.5) is 4.39 Å². The lowest BCUT2D eigenvalue weighted by molar-refractivity contribution is -0.0385. The Bertz CT molecular complexity index is 703. The van der Waals surface area contributed by atoms with Gasteiger partial charge in [-0.1, -0.05) is 6.07 Å². The van der Waals surface area contributed by atoms with Gasteiger partial charge in [-0.15, -0.1) is 0 Å². The summed E-state index contributed by atoms with van der Waals surface area (Å²) in [6, 6.07) is 6.60. The van der Waals surface area contributed by atoms with E-state index in [1.54, 1.807) is 6.07 Å². The van der Waals surface area contributed by atoms with E-state index in [4.69, 9.17) is 4.74 Å². The number of Topliss-reactive ketones (excluding diaryl/α,β-unsaturated/α-hetero) is 1. The highest BCUT2D eigenvalue weighted by Gasteiger charge is 2.21. The van der Waals surface area contributed by atoms with E-state index in [9.17, 15) is 9.18 Å². The molecule has 1 aliphatic rings. The van der Waals surface area contributed by atoms with E-state index in [0.717, 1.165) is 37.3 Å². The van der Waals surface area contributed by atoms with Crippen molar-refractivity contribution in [3.8, 4) is 11.3 Å². The molecule has 22 heavy (non-hydrogen) atoms. The Kier molecular flexibility index (Phi) is 4.07. The molecular weight excluding hydrogens is 283 g/mol. The fourth-order valence-electron chi connectivity index (χ4n) is 2.83. The topological polar surface area (TPSA) is 44.1 Å². The van der Waals surface area contributed by atoms with Crippen LogP contribution in [0.3, 0.4) is 0 Å². The molecule has 1 aromatic heterocycles. The highest BCUT2D eigenvalue weighted by Crippen LogP contribution is 2.30. The van der Waals surface area contributed by atoms with Gasteiger partial charge in [-0.2, -0.15) is 5.10 Å². The van der Waals surface area contributed by atoms with E-state index in [2.05, 4.69) is 5.10 Å². The predicted molar refractivity (Wildman–Crippen MR) is 81.2 cm³/mol. The van der Waals surface area contributed by atoms with Gasteiger partial charge in [0.05, 0.1) is 17.0 Å². The number of hydrogen-bond donors (Lipinski definition) is 0. The van der Waals surface area contributed by atoms with Crippen LogP contribution in [-0.2, 0) is 4.74 Å². The number of hydrogen-bond acceptors (Lipinski definition) is 3. The van der Waals surface area contributed by atoms with Crippen molar-refractivity contribution >= 4 is 5.78 Å². The minimum absolute atomic E-state index is 0.104. The van der Waals surface area contributed by atoms with Gasteiger partial charge >= 0.3 is 0 Å². The fourth-order valence-corrected chi connectivity index (χ4v) is 2.83. The van der Waals surface area contributed by atoms with Crippen LogP contribution in [0.25, 0.3) is 11.3 Å². The third-order valence-corrected chi connectivity index (χ3v) is 3.93. The third-order valence-electron chi connectivity index (χ3n) is 3.93. The van der Waals surface area contributed by atoms with E-state index in [-0.39, 0.29) is 17.6 Å². The van der Waals surface area contributed by atoms with Crippen LogP contribution in [0.15, 0.2) is 24.3 Å². The molecule has 4 nitrogen and oxygen atoms in total. The van der Waals surface area contributed by atoms with Crippen LogP contribution in [0, 0.1) is 12.7 Å². The Morgan fingerprint density at radius 2 is 2.18 bits per heavy atom. The summed E-state index contributed by atoms with van der Waals surface area (Å²) in [5.41, 5.74) is 2.50. The van der Waals surface area contributed by atoms with Crippen molar-refractivity contribution in [2.45, 2.75) is 39.3 Å². The number of ketones is 1. The van der Waals surface area contributed by atoms with Crippen LogP contribution in [0.1, 0.15) is 48.5 Å². The highest BCUT2D eigenvalue weighted by atomic mass is 19.1. The number of benzene rings is 1. The van der Waals surface area contributed by atoms with Crippen LogP contribution in [-0.4, -0.2) is 22.2 Å². The molecule has 0 bridgehead atoms. The number of halogens is 1. The van der Waals surface area contributed by atoms with Crippen LogP contribution < -0.4 is 0 Å². The van der Waals surface area contributed by atoms with Crippen molar-refractivity contribution in [2.24, 2.45) is 0 Å². The molecule has 1 unspecified atom stereocenters. The predicted octanol–water partition coefficient (Wildman–Crippen LogP) is 3.90. The van der Waals surface area contributed by atoms with E-state index >= 15 is 0 Å². The van der Waals surface area contributed by atoms with Crippen LogP contribution in [0.2, 0.25) is 0 Å². The molecule has 3 rings (SSSR count). The zero-order valence-electron chi connectivity index (χ0n) is 12.8. The molecule has 1 atom stereocenters. The van der Waals surface area contributed by atoms with Gasteiger partial charge in [-0.05, 0) is 51.3 Å². The van der Waals surface area contributed by atoms with Gasteiger partial charge in [-0.3, -0.25) is 4.79 Å². The monoisotopic (exact) mass is 302 g/mol. The molecule has 2 heterocycles. The first-order chi connectivity index (χ1) is 10.6. The van der Waals surface area contributed by atoms with Gasteiger partial charge in [0, 0.05) is 12.2 Å². The second-order valence-corrected chi connectivity index (χ2v) is 5.69. The van der Waals surface area contributed by atoms with Gasteiger partial charge in [-0.25, -0.2) is 9.07 Å². The molecule has 5 heteroatoms. The quantitative estimate of drug-likeness (QED) is 0.808. The Morgan fingerprint density at radius 3 is 2.82 bits per heavy atom. The van der Waals surface area contributed by atoms with Gasteiger partial charge in [0.1, 0.15) is 5.82 Å². The molecule has 1 aliphatic heterocycles. The summed E-state index contributed by atoms with van der Waals surface area (Å²) in [4.78, 5) is 11.4. The molecule has 1 aromatic carbocycles. The first-order valence-corrected chi connectivity index (χ1v) is 7.55. The van der Waals surface area contributed by atoms with Gasteiger partial charge < -0.3 is 4.74 Å². The minimum atomic E-state index is -0.500. The van der Waals surface area contributed by atoms with E-state index in [1.807, 2.05) is 17.7 Å². The highest BCUT2D eigenvalue weighted by molar-refractivity contribution is 5.94. The number of aryl methyl sites for hydroxylation is 1. The fraction of sp³-hybridized carbons (Fsp3) is 0.412. The molecular formula is C17H19FN2O2. The summed E-state index contributed by atoms with van der Waals surface area (Å²) < 4.78 is 21.7. The molecule has 0 amide bonds. The Labute approximate surface area is 128 Å². The number of carbonyl (C=O) groups excluding carboxylic acids is 1. The zero-order valence-corrected chi connectivity index (χ0v) is 12.8. The summed E-state index contributed by atoms with van der Waals surface area (Å²) in [5, 5.41) is 4.50. The Balaban J connectivity index is 2.01. The molecule has 1 saturated heterocycles. The molecule has 1 fully saturated rings. The third kappa shape index (κ3) is 2.81. The van der Waals surface area contributed by atoms with Crippen molar-refractivity contribution in [3.63, 3.8) is 0 Å². The molecule has 0 aliphatic carbocycles. The Morgan fingerprint density at radius 1 is 1.36 bits per heavy atom. The second-order valence-electron chi connectivity index (χ2n) is 5.69. The van der Waals surface area contributed by atoms with Gasteiger partial charge in [0.2, 0.25) is 0 Å². The molecule has 2 aromatic rings. The number of aromatic nitrogens is 2. The van der Waals surface area contributed by atoms with E-state index in [0.29, 0.717) is 5.56 Å². The summed E-state index contributed by atoms with van der Waals surface area (Å²) in [5.74, 6) is -0.774. The number of carbonyl (C=O) groups is 1. The van der Waals surface area contributed by atoms with Gasteiger partial charge in [0.25, 0.3) is 0 Å². The maximum Gasteiger partial charge on any atom is 0.162 e. The average molecular weight is 302 g/mol. The first-order valence-electron chi connectivity index (χ1n) is 7.55. The SMILES string of the molecule is CC(=O)c1ccc(-c2cc(C)nn2C2CCCCO2)cc1F. The maximum absolute atomic E-state index is 14.1. The lowest BCUT2D eigenvalue weighted by Gasteiger charge is -2.24. The van der Waals surface area contributed by atoms with Crippen molar-refractivity contribution < 1.29 is 13.9 Å². The van der Waals surface area contributed by atoms with Crippen molar-refractivity contribution in [1.29, 1.82) is 0 Å². The van der Waals surface area contributed by atoms with E-state index in [1.165, 1.54) is 19.1 Å². The molecule has 0 radical (unpaired) electrons. The standard InChI is InChI=1S/C17H19FN2O2/c1-11-9-16(20(19-11)17-5-3-4-8-22-17)13-6-7-14(12(2)21)15(18)10-13/h6-7,9-10,17H,3-5,8H2,1-2H3. The normalized spacial score (nSPS) is 18.4. The largest absolute Gasteiger partial charge is 0.356 e. The van der Waals surface area contributed by atoms with Crippen molar-refractivity contribution in [1.82, 2.24) is 9.78 Å². The summed E-state index contributed by atoms with van der Waals surface area (Å²) in [6.45, 7) is 3.99. The lowest BCUT2D eigenvalue weighted by Crippen LogP contribution is -2.20. The summed E-state index contributed by atoms with van der Waals surface area (Å²) >= 11 is 0. The van der Waals surface area contributed by atoms with Crippen LogP contribution in [0.5, 0.6) is 0 Å². The minimum Gasteiger partial charge on any atom is -0.356 e. The van der Waals surface area contributed by atoms with Crippen molar-refractivity contribution in [3.05, 3.63) is 41.3 Å². The molecule has 0 N–H and O–H groups in total. The second kappa shape index (κ2) is 6.01. The zero-order chi connectivity index (χ0) is 15.7. The summed E-state index contributed by atoms with van der Waals surface area (Å²) in [7, 11) is 0. The number of rotatable bonds is 3. The van der Waals surface area contributed by atoms with Gasteiger partial charge in [0.15, 0.2) is 12.0 Å². The smallest absolute Gasteiger partial charge is 0.162 e. The van der Waals surface area contributed by atoms with E-state index < -0.39 is 5.82 Å². The summed E-state index contributed by atoms with van der Waals surface area (Å²) in [6.07, 6.45) is 2.96. The molecule has 116 valence electrons. The molecule has 0 saturated carbocycles. The lowest BCUT2D eigenvalue weighted by atomic mass is 10.1.